The SMILES string of the molecule is Cc1c(C(C)Nc2cccc(O)c2)oc2ccccc12. The Bertz CT molecular complexity index is 746. The topological polar surface area (TPSA) is 45.4 Å². The van der Waals surface area contributed by atoms with Gasteiger partial charge in [-0.1, -0.05) is 24.3 Å². The summed E-state index contributed by atoms with van der Waals surface area (Å²) in [7, 11) is 0. The Labute approximate surface area is 117 Å². The first-order chi connectivity index (χ1) is 9.65. The van der Waals surface area contributed by atoms with Crippen LogP contribution in [0.15, 0.2) is 52.9 Å². The van der Waals surface area contributed by atoms with Crippen molar-refractivity contribution in [3.8, 4) is 5.75 Å². The summed E-state index contributed by atoms with van der Waals surface area (Å²) in [5.41, 5.74) is 2.93. The van der Waals surface area contributed by atoms with E-state index in [2.05, 4.69) is 25.2 Å². The molecule has 2 aromatic carbocycles. The van der Waals surface area contributed by atoms with Crippen molar-refractivity contribution >= 4 is 16.7 Å². The summed E-state index contributed by atoms with van der Waals surface area (Å²) >= 11 is 0. The predicted octanol–water partition coefficient (Wildman–Crippen LogP) is 4.62. The van der Waals surface area contributed by atoms with Crippen LogP contribution in [-0.4, -0.2) is 5.11 Å². The number of fused-ring (bicyclic) bond motifs is 1. The van der Waals surface area contributed by atoms with Crippen molar-refractivity contribution in [3.05, 3.63) is 59.9 Å². The minimum absolute atomic E-state index is 0.0317. The molecule has 0 aliphatic carbocycles. The first kappa shape index (κ1) is 12.6. The molecule has 1 atom stereocenters. The lowest BCUT2D eigenvalue weighted by atomic mass is 10.1. The lowest BCUT2D eigenvalue weighted by Gasteiger charge is -2.14. The van der Waals surface area contributed by atoms with Crippen LogP contribution in [-0.2, 0) is 0 Å². The van der Waals surface area contributed by atoms with Gasteiger partial charge < -0.3 is 14.8 Å². The van der Waals surface area contributed by atoms with Crippen LogP contribution in [0.3, 0.4) is 0 Å². The maximum Gasteiger partial charge on any atom is 0.134 e. The fourth-order valence-corrected chi connectivity index (χ4v) is 2.52. The number of para-hydroxylation sites is 1. The van der Waals surface area contributed by atoms with E-state index < -0.39 is 0 Å². The lowest BCUT2D eigenvalue weighted by molar-refractivity contribution is 0.475. The van der Waals surface area contributed by atoms with E-state index in [-0.39, 0.29) is 11.8 Å². The van der Waals surface area contributed by atoms with Crippen molar-refractivity contribution in [2.45, 2.75) is 19.9 Å². The predicted molar refractivity (Wildman–Crippen MR) is 81.1 cm³/mol. The fraction of sp³-hybridized carbons (Fsp3) is 0.176. The summed E-state index contributed by atoms with van der Waals surface area (Å²) in [4.78, 5) is 0. The van der Waals surface area contributed by atoms with Crippen molar-refractivity contribution in [2.24, 2.45) is 0 Å². The zero-order valence-corrected chi connectivity index (χ0v) is 11.6. The van der Waals surface area contributed by atoms with E-state index in [1.807, 2.05) is 30.3 Å². The van der Waals surface area contributed by atoms with E-state index in [0.717, 1.165) is 28.0 Å². The van der Waals surface area contributed by atoms with Gasteiger partial charge in [0.05, 0.1) is 6.04 Å². The van der Waals surface area contributed by atoms with Gasteiger partial charge in [0.2, 0.25) is 0 Å². The summed E-state index contributed by atoms with van der Waals surface area (Å²) in [5.74, 6) is 1.18. The number of phenolic OH excluding ortho intramolecular Hbond substituents is 1. The third-order valence-electron chi connectivity index (χ3n) is 3.50. The summed E-state index contributed by atoms with van der Waals surface area (Å²) in [6, 6.07) is 15.2. The van der Waals surface area contributed by atoms with E-state index in [0.29, 0.717) is 0 Å². The second kappa shape index (κ2) is 4.93. The number of hydrogen-bond acceptors (Lipinski definition) is 3. The quantitative estimate of drug-likeness (QED) is 0.727. The summed E-state index contributed by atoms with van der Waals surface area (Å²) in [6.45, 7) is 4.12. The van der Waals surface area contributed by atoms with Crippen LogP contribution in [0, 0.1) is 6.92 Å². The van der Waals surface area contributed by atoms with Gasteiger partial charge in [0.15, 0.2) is 0 Å². The molecule has 0 spiro atoms. The number of aryl methyl sites for hydroxylation is 1. The largest absolute Gasteiger partial charge is 0.508 e. The standard InChI is InChI=1S/C17H17NO2/c1-11-15-8-3-4-9-16(15)20-17(11)12(2)18-13-6-5-7-14(19)10-13/h3-10,12,18-19H,1-2H3. The van der Waals surface area contributed by atoms with Crippen molar-refractivity contribution < 1.29 is 9.52 Å². The zero-order chi connectivity index (χ0) is 14.1. The molecule has 102 valence electrons. The highest BCUT2D eigenvalue weighted by Gasteiger charge is 2.16. The third kappa shape index (κ3) is 2.23. The van der Waals surface area contributed by atoms with Crippen LogP contribution < -0.4 is 5.32 Å². The third-order valence-corrected chi connectivity index (χ3v) is 3.50. The number of furan rings is 1. The second-order valence-electron chi connectivity index (χ2n) is 5.00. The highest BCUT2D eigenvalue weighted by atomic mass is 16.3. The van der Waals surface area contributed by atoms with Crippen molar-refractivity contribution in [3.63, 3.8) is 0 Å². The molecule has 0 fully saturated rings. The van der Waals surface area contributed by atoms with Gasteiger partial charge in [0.25, 0.3) is 0 Å². The van der Waals surface area contributed by atoms with Gasteiger partial charge in [0.1, 0.15) is 17.1 Å². The molecule has 3 nitrogen and oxygen atoms in total. The number of phenols is 1. The summed E-state index contributed by atoms with van der Waals surface area (Å²) in [6.07, 6.45) is 0. The van der Waals surface area contributed by atoms with Crippen LogP contribution >= 0.6 is 0 Å². The van der Waals surface area contributed by atoms with Crippen LogP contribution in [0.5, 0.6) is 5.75 Å². The molecule has 0 bridgehead atoms. The number of hydrogen-bond donors (Lipinski definition) is 2. The Morgan fingerprint density at radius 1 is 1.10 bits per heavy atom. The molecule has 0 saturated carbocycles. The number of aromatic hydroxyl groups is 1. The van der Waals surface area contributed by atoms with Gasteiger partial charge in [-0.05, 0) is 32.0 Å². The minimum Gasteiger partial charge on any atom is -0.508 e. The Hall–Kier alpha value is -2.42. The van der Waals surface area contributed by atoms with Crippen molar-refractivity contribution in [1.29, 1.82) is 0 Å². The van der Waals surface area contributed by atoms with Crippen LogP contribution in [0.25, 0.3) is 11.0 Å². The molecule has 3 aromatic rings. The van der Waals surface area contributed by atoms with Gasteiger partial charge in [-0.2, -0.15) is 0 Å². The van der Waals surface area contributed by atoms with Crippen LogP contribution in [0.4, 0.5) is 5.69 Å². The fourth-order valence-electron chi connectivity index (χ4n) is 2.52. The summed E-state index contributed by atoms with van der Waals surface area (Å²) in [5, 5.41) is 14.0. The molecule has 1 heterocycles. The average Bonchev–Trinajstić information content (AvgIpc) is 2.77. The van der Waals surface area contributed by atoms with Crippen LogP contribution in [0.2, 0.25) is 0 Å². The molecule has 1 aromatic heterocycles. The van der Waals surface area contributed by atoms with Gasteiger partial charge in [-0.15, -0.1) is 0 Å². The highest BCUT2D eigenvalue weighted by Crippen LogP contribution is 2.31. The Balaban J connectivity index is 1.92. The van der Waals surface area contributed by atoms with Gasteiger partial charge in [0, 0.05) is 22.7 Å². The van der Waals surface area contributed by atoms with Gasteiger partial charge in [-0.25, -0.2) is 0 Å². The minimum atomic E-state index is 0.0317. The van der Waals surface area contributed by atoms with Gasteiger partial charge in [-0.3, -0.25) is 0 Å². The van der Waals surface area contributed by atoms with E-state index in [1.54, 1.807) is 12.1 Å². The van der Waals surface area contributed by atoms with E-state index >= 15 is 0 Å². The first-order valence-corrected chi connectivity index (χ1v) is 6.69. The monoisotopic (exact) mass is 267 g/mol. The Morgan fingerprint density at radius 3 is 2.65 bits per heavy atom. The number of rotatable bonds is 3. The molecule has 1 unspecified atom stereocenters. The normalized spacial score (nSPS) is 12.5. The molecule has 3 heteroatoms. The lowest BCUT2D eigenvalue weighted by Crippen LogP contribution is -2.06. The number of nitrogens with one attached hydrogen (secondary N) is 1. The molecule has 0 radical (unpaired) electrons. The molecule has 20 heavy (non-hydrogen) atoms. The van der Waals surface area contributed by atoms with E-state index in [4.69, 9.17) is 4.42 Å². The maximum absolute atomic E-state index is 9.50. The van der Waals surface area contributed by atoms with Crippen molar-refractivity contribution in [2.75, 3.05) is 5.32 Å². The molecule has 2 N–H and O–H groups in total. The van der Waals surface area contributed by atoms with Crippen molar-refractivity contribution in [1.82, 2.24) is 0 Å². The van der Waals surface area contributed by atoms with Crippen LogP contribution in [0.1, 0.15) is 24.3 Å². The van der Waals surface area contributed by atoms with Gasteiger partial charge >= 0.3 is 0 Å². The zero-order valence-electron chi connectivity index (χ0n) is 11.6. The Morgan fingerprint density at radius 2 is 1.90 bits per heavy atom. The average molecular weight is 267 g/mol. The maximum atomic E-state index is 9.50. The van der Waals surface area contributed by atoms with E-state index in [1.165, 1.54) is 0 Å². The summed E-state index contributed by atoms with van der Waals surface area (Å²) < 4.78 is 5.94. The molecule has 0 saturated heterocycles. The number of benzene rings is 2. The second-order valence-corrected chi connectivity index (χ2v) is 5.00. The first-order valence-electron chi connectivity index (χ1n) is 6.69. The molecular formula is C17H17NO2. The molecule has 0 amide bonds. The van der Waals surface area contributed by atoms with E-state index in [9.17, 15) is 5.11 Å². The molecule has 3 rings (SSSR count). The molecular weight excluding hydrogens is 250 g/mol. The highest BCUT2D eigenvalue weighted by molar-refractivity contribution is 5.82. The Kier molecular flexibility index (Phi) is 3.11. The smallest absolute Gasteiger partial charge is 0.134 e. The molecule has 0 aliphatic heterocycles. The molecule has 0 aliphatic rings. The number of anilines is 1.